The molecule has 0 radical (unpaired) electrons. The van der Waals surface area contributed by atoms with Crippen LogP contribution >= 0.6 is 11.8 Å². The Morgan fingerprint density at radius 1 is 1.08 bits per heavy atom. The van der Waals surface area contributed by atoms with Gasteiger partial charge in [-0.3, -0.25) is 4.79 Å². The van der Waals surface area contributed by atoms with Crippen molar-refractivity contribution in [2.75, 3.05) is 0 Å². The minimum absolute atomic E-state index is 0.0887. The highest BCUT2D eigenvalue weighted by Crippen LogP contribution is 2.34. The van der Waals surface area contributed by atoms with E-state index in [4.69, 9.17) is 9.15 Å². The van der Waals surface area contributed by atoms with Crippen LogP contribution in [-0.4, -0.2) is 11.1 Å². The van der Waals surface area contributed by atoms with Crippen molar-refractivity contribution in [2.24, 2.45) is 0 Å². The summed E-state index contributed by atoms with van der Waals surface area (Å²) in [7, 11) is 0. The van der Waals surface area contributed by atoms with Crippen molar-refractivity contribution in [1.82, 2.24) is 0 Å². The summed E-state index contributed by atoms with van der Waals surface area (Å²) in [5, 5.41) is 10.4. The fraction of sp³-hybridized carbons (Fsp3) is 0.100. The van der Waals surface area contributed by atoms with E-state index in [0.29, 0.717) is 11.3 Å². The number of rotatable bonds is 5. The quantitative estimate of drug-likeness (QED) is 0.543. The zero-order chi connectivity index (χ0) is 18.5. The third kappa shape index (κ3) is 4.15. The van der Waals surface area contributed by atoms with Crippen molar-refractivity contribution in [3.8, 4) is 11.5 Å². The van der Waals surface area contributed by atoms with Gasteiger partial charge < -0.3 is 14.3 Å². The van der Waals surface area contributed by atoms with E-state index < -0.39 is 11.6 Å². The maximum absolute atomic E-state index is 12.3. The fourth-order valence-corrected chi connectivity index (χ4v) is 3.19. The van der Waals surface area contributed by atoms with Crippen LogP contribution in [0.1, 0.15) is 11.3 Å². The fourth-order valence-electron chi connectivity index (χ4n) is 2.29. The monoisotopic (exact) mass is 368 g/mol. The second-order valence-corrected chi connectivity index (χ2v) is 6.58. The van der Waals surface area contributed by atoms with Crippen LogP contribution in [0.5, 0.6) is 11.5 Å². The van der Waals surface area contributed by atoms with Gasteiger partial charge in [0.2, 0.25) is 0 Å². The number of esters is 1. The molecule has 3 rings (SSSR count). The van der Waals surface area contributed by atoms with Gasteiger partial charge in [0, 0.05) is 10.5 Å². The Bertz CT molecular complexity index is 965. The van der Waals surface area contributed by atoms with Crippen molar-refractivity contribution in [3.05, 3.63) is 82.4 Å². The average Bonchev–Trinajstić information content (AvgIpc) is 2.65. The first-order valence-electron chi connectivity index (χ1n) is 7.89. The van der Waals surface area contributed by atoms with Gasteiger partial charge in [0.1, 0.15) is 28.6 Å². The van der Waals surface area contributed by atoms with Crippen LogP contribution in [0, 0.1) is 6.92 Å². The first-order chi connectivity index (χ1) is 12.5. The maximum atomic E-state index is 12.3. The zero-order valence-electron chi connectivity index (χ0n) is 14.0. The molecule has 0 aliphatic rings. The molecule has 5 nitrogen and oxygen atoms in total. The van der Waals surface area contributed by atoms with Crippen LogP contribution in [0.25, 0.3) is 0 Å². The molecule has 0 unspecified atom stereocenters. The molecule has 26 heavy (non-hydrogen) atoms. The minimum atomic E-state index is -0.690. The lowest BCUT2D eigenvalue weighted by atomic mass is 10.2. The predicted octanol–water partition coefficient (Wildman–Crippen LogP) is 3.95. The largest absolute Gasteiger partial charge is 0.506 e. The first kappa shape index (κ1) is 17.8. The van der Waals surface area contributed by atoms with Crippen LogP contribution in [-0.2, 0) is 11.2 Å². The van der Waals surface area contributed by atoms with E-state index in [1.165, 1.54) is 0 Å². The third-order valence-corrected chi connectivity index (χ3v) is 4.70. The van der Waals surface area contributed by atoms with Crippen LogP contribution in [0.3, 0.4) is 0 Å². The molecule has 132 valence electrons. The van der Waals surface area contributed by atoms with Gasteiger partial charge in [0.25, 0.3) is 0 Å². The highest BCUT2D eigenvalue weighted by atomic mass is 32.2. The van der Waals surface area contributed by atoms with Gasteiger partial charge in [0.05, 0.1) is 0 Å². The molecule has 1 heterocycles. The van der Waals surface area contributed by atoms with Gasteiger partial charge >= 0.3 is 11.6 Å². The number of carbonyl (C=O) groups is 1. The lowest BCUT2D eigenvalue weighted by Gasteiger charge is -2.10. The normalized spacial score (nSPS) is 10.5. The molecular formula is C20H16O5S. The molecule has 1 aromatic heterocycles. The summed E-state index contributed by atoms with van der Waals surface area (Å²) in [6, 6.07) is 17.8. The molecule has 0 bridgehead atoms. The smallest absolute Gasteiger partial charge is 0.353 e. The highest BCUT2D eigenvalue weighted by Gasteiger charge is 2.20. The molecule has 1 N–H and O–H groups in total. The first-order valence-corrected chi connectivity index (χ1v) is 8.70. The molecular weight excluding hydrogens is 352 g/mol. The van der Waals surface area contributed by atoms with E-state index in [1.807, 2.05) is 36.4 Å². The maximum Gasteiger partial charge on any atom is 0.353 e. The lowest BCUT2D eigenvalue weighted by Crippen LogP contribution is -2.15. The van der Waals surface area contributed by atoms with Crippen LogP contribution in [0.15, 0.2) is 79.7 Å². The Kier molecular flexibility index (Phi) is 5.43. The summed E-state index contributed by atoms with van der Waals surface area (Å²) in [4.78, 5) is 25.2. The average molecular weight is 368 g/mol. The van der Waals surface area contributed by atoms with Crippen molar-refractivity contribution < 1.29 is 19.1 Å². The second kappa shape index (κ2) is 7.93. The van der Waals surface area contributed by atoms with Crippen molar-refractivity contribution in [1.29, 1.82) is 0 Å². The van der Waals surface area contributed by atoms with Gasteiger partial charge in [-0.2, -0.15) is 0 Å². The van der Waals surface area contributed by atoms with E-state index in [9.17, 15) is 14.7 Å². The number of para-hydroxylation sites is 1. The third-order valence-electron chi connectivity index (χ3n) is 3.63. The van der Waals surface area contributed by atoms with Crippen molar-refractivity contribution in [3.63, 3.8) is 0 Å². The van der Waals surface area contributed by atoms with Crippen molar-refractivity contribution >= 4 is 17.7 Å². The SMILES string of the molecule is Cc1c(CC(=O)Oc2ccccc2)oc(=O)c(Sc2ccccc2)c1O. The Morgan fingerprint density at radius 3 is 2.35 bits per heavy atom. The number of benzene rings is 2. The Balaban J connectivity index is 1.81. The van der Waals surface area contributed by atoms with E-state index in [-0.39, 0.29) is 22.8 Å². The summed E-state index contributed by atoms with van der Waals surface area (Å²) >= 11 is 1.11. The number of carbonyl (C=O) groups excluding carboxylic acids is 1. The van der Waals surface area contributed by atoms with Gasteiger partial charge in [-0.1, -0.05) is 48.2 Å². The van der Waals surface area contributed by atoms with Crippen LogP contribution < -0.4 is 10.4 Å². The Labute approximate surface area is 154 Å². The molecule has 0 saturated carbocycles. The highest BCUT2D eigenvalue weighted by molar-refractivity contribution is 7.99. The van der Waals surface area contributed by atoms with E-state index in [0.717, 1.165) is 16.7 Å². The molecule has 6 heteroatoms. The van der Waals surface area contributed by atoms with Crippen molar-refractivity contribution in [2.45, 2.75) is 23.1 Å². The topological polar surface area (TPSA) is 76.7 Å². The summed E-state index contributed by atoms with van der Waals surface area (Å²) < 4.78 is 10.5. The molecule has 0 aliphatic heterocycles. The summed E-state index contributed by atoms with van der Waals surface area (Å²) in [5.41, 5.74) is -0.350. The molecule has 0 saturated heterocycles. The van der Waals surface area contributed by atoms with Crippen LogP contribution in [0.4, 0.5) is 0 Å². The molecule has 0 amide bonds. The number of aromatic hydroxyl groups is 1. The van der Waals surface area contributed by atoms with Gasteiger partial charge in [-0.25, -0.2) is 4.79 Å². The minimum Gasteiger partial charge on any atom is -0.506 e. The Hall–Kier alpha value is -2.99. The second-order valence-electron chi connectivity index (χ2n) is 5.49. The lowest BCUT2D eigenvalue weighted by molar-refractivity contribution is -0.133. The number of hydrogen-bond donors (Lipinski definition) is 1. The summed E-state index contributed by atoms with van der Waals surface area (Å²) in [5.74, 6) is -0.272. The van der Waals surface area contributed by atoms with E-state index in [2.05, 4.69) is 0 Å². The molecule has 2 aromatic carbocycles. The van der Waals surface area contributed by atoms with Gasteiger partial charge in [-0.05, 0) is 31.2 Å². The standard InChI is InChI=1S/C20H16O5S/c1-13-16(12-17(21)24-14-8-4-2-5-9-14)25-20(23)19(18(13)22)26-15-10-6-3-7-11-15/h2-11,22H,12H2,1H3. The van der Waals surface area contributed by atoms with E-state index >= 15 is 0 Å². The van der Waals surface area contributed by atoms with Gasteiger partial charge in [0.15, 0.2) is 0 Å². The zero-order valence-corrected chi connectivity index (χ0v) is 14.8. The number of ether oxygens (including phenoxy) is 1. The van der Waals surface area contributed by atoms with Crippen LogP contribution in [0.2, 0.25) is 0 Å². The molecule has 0 fully saturated rings. The molecule has 0 aliphatic carbocycles. The summed E-state index contributed by atoms with van der Waals surface area (Å²) in [6.45, 7) is 1.60. The number of hydrogen-bond acceptors (Lipinski definition) is 6. The predicted molar refractivity (Wildman–Crippen MR) is 97.7 cm³/mol. The molecule has 3 aromatic rings. The molecule has 0 atom stereocenters. The summed E-state index contributed by atoms with van der Waals surface area (Å²) in [6.07, 6.45) is -0.250. The molecule has 0 spiro atoms. The Morgan fingerprint density at radius 2 is 1.69 bits per heavy atom. The van der Waals surface area contributed by atoms with Gasteiger partial charge in [-0.15, -0.1) is 0 Å². The van der Waals surface area contributed by atoms with E-state index in [1.54, 1.807) is 31.2 Å².